The van der Waals surface area contributed by atoms with E-state index in [0.717, 1.165) is 19.4 Å². The van der Waals surface area contributed by atoms with Gasteiger partial charge in [-0.15, -0.1) is 11.3 Å². The molecule has 0 radical (unpaired) electrons. The molecule has 0 fully saturated rings. The summed E-state index contributed by atoms with van der Waals surface area (Å²) in [6.07, 6.45) is 3.38. The van der Waals surface area contributed by atoms with E-state index in [1.165, 1.54) is 16.8 Å². The molecule has 6 heteroatoms. The normalized spacial score (nSPS) is 10.5. The Kier molecular flexibility index (Phi) is 5.28. The van der Waals surface area contributed by atoms with Crippen molar-refractivity contribution in [2.75, 3.05) is 17.6 Å². The number of hydrogen-bond acceptors (Lipinski definition) is 6. The molecule has 0 amide bonds. The van der Waals surface area contributed by atoms with Crippen molar-refractivity contribution in [2.24, 2.45) is 0 Å². The van der Waals surface area contributed by atoms with Crippen LogP contribution in [0.5, 0.6) is 11.6 Å². The van der Waals surface area contributed by atoms with Gasteiger partial charge in [-0.2, -0.15) is 4.98 Å². The number of anilines is 2. The van der Waals surface area contributed by atoms with Gasteiger partial charge in [0.05, 0.1) is 0 Å². The van der Waals surface area contributed by atoms with Gasteiger partial charge in [0.15, 0.2) is 5.82 Å². The minimum Gasteiger partial charge on any atom is -0.437 e. The monoisotopic (exact) mass is 340 g/mol. The molecule has 3 aromatic rings. The van der Waals surface area contributed by atoms with Crippen LogP contribution >= 0.6 is 11.3 Å². The van der Waals surface area contributed by atoms with E-state index >= 15 is 0 Å². The Balaban J connectivity index is 1.65. The lowest BCUT2D eigenvalue weighted by Crippen LogP contribution is -2.09. The fourth-order valence-corrected chi connectivity index (χ4v) is 2.97. The lowest BCUT2D eigenvalue weighted by Gasteiger charge is -2.11. The molecule has 5 nitrogen and oxygen atoms in total. The van der Waals surface area contributed by atoms with Crippen molar-refractivity contribution in [3.05, 3.63) is 58.5 Å². The van der Waals surface area contributed by atoms with E-state index in [1.54, 1.807) is 11.3 Å². The molecule has 3 N–H and O–H groups in total. The van der Waals surface area contributed by atoms with Crippen molar-refractivity contribution in [2.45, 2.75) is 19.8 Å². The summed E-state index contributed by atoms with van der Waals surface area (Å²) in [5.74, 6) is 1.68. The molecule has 2 aromatic heterocycles. The van der Waals surface area contributed by atoms with Gasteiger partial charge in [-0.1, -0.05) is 25.1 Å². The lowest BCUT2D eigenvalue weighted by molar-refractivity contribution is 0.464. The number of aromatic nitrogens is 2. The van der Waals surface area contributed by atoms with Gasteiger partial charge in [0.25, 0.3) is 0 Å². The number of nitrogens with two attached hydrogens (primary N) is 1. The zero-order chi connectivity index (χ0) is 16.8. The number of nitrogens with one attached hydrogen (secondary N) is 1. The molecule has 24 heavy (non-hydrogen) atoms. The summed E-state index contributed by atoms with van der Waals surface area (Å²) in [6.45, 7) is 2.87. The molecular weight excluding hydrogens is 320 g/mol. The highest BCUT2D eigenvalue weighted by atomic mass is 32.1. The number of thiophene rings is 1. The van der Waals surface area contributed by atoms with Gasteiger partial charge in [0.1, 0.15) is 17.8 Å². The lowest BCUT2D eigenvalue weighted by atomic mass is 10.2. The minimum absolute atomic E-state index is 0.368. The van der Waals surface area contributed by atoms with Crippen molar-refractivity contribution < 1.29 is 4.74 Å². The third kappa shape index (κ3) is 4.02. The SMILES string of the molecule is CCc1ccc(Oc2ncnc(NCCc3cccs3)c2N)cc1. The second-order valence-corrected chi connectivity index (χ2v) is 6.33. The molecule has 2 heterocycles. The number of benzene rings is 1. The van der Waals surface area contributed by atoms with Gasteiger partial charge in [-0.05, 0) is 42.0 Å². The van der Waals surface area contributed by atoms with E-state index in [4.69, 9.17) is 10.5 Å². The van der Waals surface area contributed by atoms with Crippen LogP contribution in [-0.2, 0) is 12.8 Å². The predicted molar refractivity (Wildman–Crippen MR) is 98.9 cm³/mol. The number of ether oxygens (including phenoxy) is 1. The maximum absolute atomic E-state index is 6.14. The average molecular weight is 340 g/mol. The van der Waals surface area contributed by atoms with Crippen LogP contribution in [0.2, 0.25) is 0 Å². The van der Waals surface area contributed by atoms with Crippen LogP contribution < -0.4 is 15.8 Å². The van der Waals surface area contributed by atoms with Crippen LogP contribution in [0, 0.1) is 0 Å². The Morgan fingerprint density at radius 3 is 2.71 bits per heavy atom. The van der Waals surface area contributed by atoms with Crippen LogP contribution in [-0.4, -0.2) is 16.5 Å². The first-order valence-corrected chi connectivity index (χ1v) is 8.77. The van der Waals surface area contributed by atoms with Crippen molar-refractivity contribution in [3.8, 4) is 11.6 Å². The first-order chi connectivity index (χ1) is 11.8. The van der Waals surface area contributed by atoms with Gasteiger partial charge in [-0.25, -0.2) is 4.98 Å². The van der Waals surface area contributed by atoms with Crippen LogP contribution in [0.25, 0.3) is 0 Å². The second-order valence-electron chi connectivity index (χ2n) is 5.30. The summed E-state index contributed by atoms with van der Waals surface area (Å²) in [7, 11) is 0. The van der Waals surface area contributed by atoms with Gasteiger partial charge < -0.3 is 15.8 Å². The second kappa shape index (κ2) is 7.79. The summed E-state index contributed by atoms with van der Waals surface area (Å²) in [6, 6.07) is 12.1. The van der Waals surface area contributed by atoms with Crippen molar-refractivity contribution >= 4 is 22.8 Å². The predicted octanol–water partition coefficient (Wildman–Crippen LogP) is 4.13. The maximum atomic E-state index is 6.14. The Bertz CT molecular complexity index is 772. The highest BCUT2D eigenvalue weighted by molar-refractivity contribution is 7.09. The Morgan fingerprint density at radius 1 is 1.17 bits per heavy atom. The summed E-state index contributed by atoms with van der Waals surface area (Å²) in [5, 5.41) is 5.32. The number of hydrogen-bond donors (Lipinski definition) is 2. The summed E-state index contributed by atoms with van der Waals surface area (Å²) < 4.78 is 5.79. The van der Waals surface area contributed by atoms with E-state index in [0.29, 0.717) is 23.1 Å². The third-order valence-corrected chi connectivity index (χ3v) is 4.57. The van der Waals surface area contributed by atoms with E-state index < -0.39 is 0 Å². The number of nitrogen functional groups attached to an aromatic ring is 1. The largest absolute Gasteiger partial charge is 0.437 e. The molecule has 0 atom stereocenters. The van der Waals surface area contributed by atoms with Crippen LogP contribution in [0.4, 0.5) is 11.5 Å². The quantitative estimate of drug-likeness (QED) is 0.676. The highest BCUT2D eigenvalue weighted by Crippen LogP contribution is 2.29. The molecule has 124 valence electrons. The number of aryl methyl sites for hydroxylation is 1. The van der Waals surface area contributed by atoms with Gasteiger partial charge in [0, 0.05) is 11.4 Å². The minimum atomic E-state index is 0.368. The van der Waals surface area contributed by atoms with Crippen LogP contribution in [0.15, 0.2) is 48.1 Å². The van der Waals surface area contributed by atoms with Gasteiger partial charge in [-0.3, -0.25) is 0 Å². The molecule has 0 spiro atoms. The summed E-state index contributed by atoms with van der Waals surface area (Å²) >= 11 is 1.74. The zero-order valence-corrected chi connectivity index (χ0v) is 14.3. The first-order valence-electron chi connectivity index (χ1n) is 7.89. The van der Waals surface area contributed by atoms with Crippen LogP contribution in [0.1, 0.15) is 17.4 Å². The smallest absolute Gasteiger partial charge is 0.248 e. The molecule has 0 aliphatic heterocycles. The standard InChI is InChI=1S/C18H20N4OS/c1-2-13-5-7-14(8-6-13)23-18-16(19)17(21-12-22-18)20-10-9-15-4-3-11-24-15/h3-8,11-12H,2,9-10,19H2,1H3,(H,20,21,22). The molecule has 0 aliphatic carbocycles. The topological polar surface area (TPSA) is 73.1 Å². The number of rotatable bonds is 7. The Morgan fingerprint density at radius 2 is 2.00 bits per heavy atom. The molecule has 0 bridgehead atoms. The van der Waals surface area contributed by atoms with E-state index in [-0.39, 0.29) is 0 Å². The molecular formula is C18H20N4OS. The Labute approximate surface area is 145 Å². The molecule has 0 unspecified atom stereocenters. The first kappa shape index (κ1) is 16.3. The molecule has 1 aromatic carbocycles. The summed E-state index contributed by atoms with van der Waals surface area (Å²) in [4.78, 5) is 9.66. The average Bonchev–Trinajstić information content (AvgIpc) is 3.12. The van der Waals surface area contributed by atoms with E-state index in [1.807, 2.05) is 24.3 Å². The number of nitrogens with zero attached hydrogens (tertiary/aromatic N) is 2. The molecule has 0 saturated heterocycles. The Hall–Kier alpha value is -2.60. The zero-order valence-electron chi connectivity index (χ0n) is 13.5. The van der Waals surface area contributed by atoms with Crippen molar-refractivity contribution in [1.29, 1.82) is 0 Å². The summed E-state index contributed by atoms with van der Waals surface area (Å²) in [5.41, 5.74) is 7.81. The maximum Gasteiger partial charge on any atom is 0.248 e. The molecule has 0 saturated carbocycles. The van der Waals surface area contributed by atoms with Gasteiger partial charge in [0.2, 0.25) is 5.88 Å². The molecule has 3 rings (SSSR count). The van der Waals surface area contributed by atoms with Crippen molar-refractivity contribution in [1.82, 2.24) is 9.97 Å². The van der Waals surface area contributed by atoms with Crippen molar-refractivity contribution in [3.63, 3.8) is 0 Å². The van der Waals surface area contributed by atoms with E-state index in [9.17, 15) is 0 Å². The third-order valence-electron chi connectivity index (χ3n) is 3.64. The van der Waals surface area contributed by atoms with E-state index in [2.05, 4.69) is 39.7 Å². The fraction of sp³-hybridized carbons (Fsp3) is 0.222. The molecule has 0 aliphatic rings. The van der Waals surface area contributed by atoms with Gasteiger partial charge >= 0.3 is 0 Å². The fourth-order valence-electron chi connectivity index (χ4n) is 2.27. The highest BCUT2D eigenvalue weighted by Gasteiger charge is 2.10. The van der Waals surface area contributed by atoms with Crippen LogP contribution in [0.3, 0.4) is 0 Å².